The number of ether oxygens (including phenoxy) is 1. The number of hydrogen-bond acceptors (Lipinski definition) is 6. The van der Waals surface area contributed by atoms with Crippen molar-refractivity contribution in [2.45, 2.75) is 43.7 Å². The van der Waals surface area contributed by atoms with Crippen LogP contribution in [0.2, 0.25) is 0 Å². The minimum atomic E-state index is -1.53. The van der Waals surface area contributed by atoms with E-state index in [2.05, 4.69) is 9.97 Å². The van der Waals surface area contributed by atoms with Gasteiger partial charge in [-0.05, 0) is 30.7 Å². The lowest BCUT2D eigenvalue weighted by atomic mass is 9.99. The molecule has 1 aliphatic heterocycles. The van der Waals surface area contributed by atoms with Crippen molar-refractivity contribution in [1.82, 2.24) is 14.5 Å². The first kappa shape index (κ1) is 19.8. The first-order valence-electron chi connectivity index (χ1n) is 8.89. The summed E-state index contributed by atoms with van der Waals surface area (Å²) in [6.45, 7) is 1.33. The molecule has 7 nitrogen and oxygen atoms in total. The largest absolute Gasteiger partial charge is 0.387 e. The Balaban J connectivity index is 1.66. The van der Waals surface area contributed by atoms with Crippen molar-refractivity contribution in [2.24, 2.45) is 0 Å². The van der Waals surface area contributed by atoms with Gasteiger partial charge in [0.1, 0.15) is 42.6 Å². The molecule has 0 radical (unpaired) electrons. The number of aromatic nitrogens is 3. The highest BCUT2D eigenvalue weighted by atomic mass is 19.2. The highest BCUT2D eigenvalue weighted by molar-refractivity contribution is 5.79. The Morgan fingerprint density at radius 3 is 2.55 bits per heavy atom. The van der Waals surface area contributed by atoms with E-state index in [0.717, 1.165) is 18.2 Å². The summed E-state index contributed by atoms with van der Waals surface area (Å²) >= 11 is 0. The predicted octanol–water partition coefficient (Wildman–Crippen LogP) is 2.09. The topological polar surface area (TPSA) is 101 Å². The molecule has 1 aliphatic rings. The zero-order valence-electron chi connectivity index (χ0n) is 15.2. The lowest BCUT2D eigenvalue weighted by Crippen LogP contribution is -2.34. The molecular formula is C19H18F3N3O4. The predicted molar refractivity (Wildman–Crippen MR) is 94.3 cm³/mol. The molecule has 2 aromatic heterocycles. The van der Waals surface area contributed by atoms with Gasteiger partial charge in [0, 0.05) is 11.6 Å². The number of alkyl halides is 1. The van der Waals surface area contributed by atoms with Gasteiger partial charge >= 0.3 is 0 Å². The van der Waals surface area contributed by atoms with Crippen LogP contribution in [-0.4, -0.2) is 48.2 Å². The van der Waals surface area contributed by atoms with Crippen LogP contribution < -0.4 is 0 Å². The van der Waals surface area contributed by atoms with Gasteiger partial charge < -0.3 is 24.6 Å². The number of benzene rings is 1. The van der Waals surface area contributed by atoms with Gasteiger partial charge in [-0.3, -0.25) is 0 Å². The Hall–Kier alpha value is -2.53. The van der Waals surface area contributed by atoms with Crippen LogP contribution in [0.4, 0.5) is 13.2 Å². The van der Waals surface area contributed by atoms with Crippen LogP contribution in [0.5, 0.6) is 0 Å². The van der Waals surface area contributed by atoms with Crippen LogP contribution in [0.15, 0.2) is 36.8 Å². The van der Waals surface area contributed by atoms with Crippen molar-refractivity contribution in [3.63, 3.8) is 0 Å². The first-order chi connectivity index (χ1) is 13.8. The van der Waals surface area contributed by atoms with Crippen LogP contribution in [0.25, 0.3) is 11.0 Å². The molecule has 154 valence electrons. The minimum Gasteiger partial charge on any atom is -0.387 e. The monoisotopic (exact) mass is 409 g/mol. The Morgan fingerprint density at radius 2 is 1.86 bits per heavy atom. The van der Waals surface area contributed by atoms with E-state index in [1.807, 2.05) is 0 Å². The summed E-state index contributed by atoms with van der Waals surface area (Å²) in [6, 6.07) is 4.36. The molecule has 1 fully saturated rings. The van der Waals surface area contributed by atoms with Crippen molar-refractivity contribution in [1.29, 1.82) is 0 Å². The molecule has 1 saturated heterocycles. The van der Waals surface area contributed by atoms with Gasteiger partial charge in [-0.2, -0.15) is 0 Å². The average Bonchev–Trinajstić information content (AvgIpc) is 3.25. The van der Waals surface area contributed by atoms with Crippen molar-refractivity contribution >= 4 is 11.0 Å². The molecule has 0 aliphatic carbocycles. The number of aliphatic hydroxyl groups excluding tert-OH is 3. The molecule has 0 bridgehead atoms. The summed E-state index contributed by atoms with van der Waals surface area (Å²) in [7, 11) is 0. The van der Waals surface area contributed by atoms with E-state index in [0.29, 0.717) is 5.39 Å². The Bertz CT molecular complexity index is 1040. The lowest BCUT2D eigenvalue weighted by molar-refractivity contribution is -0.0849. The third-order valence-electron chi connectivity index (χ3n) is 5.06. The number of fused-ring (bicyclic) bond motifs is 1. The lowest BCUT2D eigenvalue weighted by Gasteiger charge is -2.21. The molecule has 6 atom stereocenters. The normalized spacial score (nSPS) is 26.7. The Labute approximate surface area is 163 Å². The molecule has 10 heteroatoms. The SMILES string of the molecule is CC(F)c1ncnc2c1ccn2C1OC(C(O)c2ccc(F)c(F)c2)C(O)C1O. The van der Waals surface area contributed by atoms with E-state index < -0.39 is 48.4 Å². The smallest absolute Gasteiger partial charge is 0.164 e. The maximum atomic E-state index is 13.8. The fraction of sp³-hybridized carbons (Fsp3) is 0.368. The molecule has 3 aromatic rings. The quantitative estimate of drug-likeness (QED) is 0.610. The zero-order chi connectivity index (χ0) is 20.9. The van der Waals surface area contributed by atoms with E-state index in [-0.39, 0.29) is 16.9 Å². The van der Waals surface area contributed by atoms with Crippen LogP contribution in [-0.2, 0) is 4.74 Å². The first-order valence-corrected chi connectivity index (χ1v) is 8.89. The molecule has 29 heavy (non-hydrogen) atoms. The van der Waals surface area contributed by atoms with Gasteiger partial charge in [0.25, 0.3) is 0 Å². The number of aliphatic hydroxyl groups is 3. The second-order valence-corrected chi connectivity index (χ2v) is 6.93. The van der Waals surface area contributed by atoms with Gasteiger partial charge in [0.05, 0.1) is 5.69 Å². The van der Waals surface area contributed by atoms with Crippen molar-refractivity contribution in [2.75, 3.05) is 0 Å². The molecule has 1 aromatic carbocycles. The molecule has 3 N–H and O–H groups in total. The third kappa shape index (κ3) is 3.27. The fourth-order valence-corrected chi connectivity index (χ4v) is 3.58. The fourth-order valence-electron chi connectivity index (χ4n) is 3.58. The zero-order valence-corrected chi connectivity index (χ0v) is 15.2. The highest BCUT2D eigenvalue weighted by Gasteiger charge is 2.47. The van der Waals surface area contributed by atoms with Gasteiger partial charge in [-0.25, -0.2) is 23.1 Å². The second kappa shape index (κ2) is 7.38. The van der Waals surface area contributed by atoms with Gasteiger partial charge in [-0.15, -0.1) is 0 Å². The molecule has 3 heterocycles. The van der Waals surface area contributed by atoms with Crippen LogP contribution in [0.1, 0.15) is 36.7 Å². The average molecular weight is 409 g/mol. The summed E-state index contributed by atoms with van der Waals surface area (Å²) in [5.41, 5.74) is 0.424. The number of rotatable bonds is 4. The van der Waals surface area contributed by atoms with E-state index in [9.17, 15) is 28.5 Å². The maximum Gasteiger partial charge on any atom is 0.164 e. The van der Waals surface area contributed by atoms with Crippen LogP contribution in [0.3, 0.4) is 0 Å². The summed E-state index contributed by atoms with van der Waals surface area (Å²) in [5.74, 6) is -2.24. The molecule has 4 rings (SSSR count). The highest BCUT2D eigenvalue weighted by Crippen LogP contribution is 2.38. The number of halogens is 3. The number of nitrogens with zero attached hydrogens (tertiary/aromatic N) is 3. The van der Waals surface area contributed by atoms with E-state index in [4.69, 9.17) is 4.74 Å². The van der Waals surface area contributed by atoms with E-state index >= 15 is 0 Å². The Morgan fingerprint density at radius 1 is 1.10 bits per heavy atom. The standard InChI is InChI=1S/C19H18F3N3O4/c1-8(20)13-10-4-5-25(18(10)24-7-23-13)19-16(28)15(27)17(29-19)14(26)9-2-3-11(21)12(22)6-9/h2-8,14-17,19,26-28H,1H3. The molecular weight excluding hydrogens is 391 g/mol. The maximum absolute atomic E-state index is 13.8. The summed E-state index contributed by atoms with van der Waals surface area (Å²) in [5, 5.41) is 31.8. The minimum absolute atomic E-state index is 0.0194. The van der Waals surface area contributed by atoms with Crippen molar-refractivity contribution < 1.29 is 33.2 Å². The molecule has 0 saturated carbocycles. The van der Waals surface area contributed by atoms with Gasteiger partial charge in [0.2, 0.25) is 0 Å². The molecule has 6 unspecified atom stereocenters. The van der Waals surface area contributed by atoms with Crippen molar-refractivity contribution in [3.8, 4) is 0 Å². The summed E-state index contributed by atoms with van der Waals surface area (Å²) < 4.78 is 47.5. The van der Waals surface area contributed by atoms with Crippen molar-refractivity contribution in [3.05, 3.63) is 59.7 Å². The summed E-state index contributed by atoms with van der Waals surface area (Å²) in [6.07, 6.45) is -5.66. The molecule has 0 spiro atoms. The van der Waals surface area contributed by atoms with Crippen LogP contribution in [0, 0.1) is 11.6 Å². The van der Waals surface area contributed by atoms with Gasteiger partial charge in [0.15, 0.2) is 17.9 Å². The number of hydrogen-bond donors (Lipinski definition) is 3. The Kier molecular flexibility index (Phi) is 5.03. The summed E-state index contributed by atoms with van der Waals surface area (Å²) in [4.78, 5) is 8.02. The second-order valence-electron chi connectivity index (χ2n) is 6.93. The van der Waals surface area contributed by atoms with Gasteiger partial charge in [-0.1, -0.05) is 6.07 Å². The molecule has 0 amide bonds. The van der Waals surface area contributed by atoms with E-state index in [1.54, 1.807) is 6.07 Å². The van der Waals surface area contributed by atoms with Crippen LogP contribution >= 0.6 is 0 Å². The third-order valence-corrected chi connectivity index (χ3v) is 5.06. The van der Waals surface area contributed by atoms with E-state index in [1.165, 1.54) is 24.0 Å².